The molecule has 1 heterocycles. The quantitative estimate of drug-likeness (QED) is 0.880. The number of hydrogen-bond donors (Lipinski definition) is 1. The average Bonchev–Trinajstić information content (AvgIpc) is 2.83. The zero-order valence-corrected chi connectivity index (χ0v) is 11.3. The molecule has 19 heavy (non-hydrogen) atoms. The summed E-state index contributed by atoms with van der Waals surface area (Å²) in [6.45, 7) is 4.27. The Morgan fingerprint density at radius 1 is 0.895 bits per heavy atom. The fourth-order valence-corrected chi connectivity index (χ4v) is 2.56. The van der Waals surface area contributed by atoms with E-state index in [2.05, 4.69) is 67.7 Å². The lowest BCUT2D eigenvalue weighted by Crippen LogP contribution is -2.23. The normalized spacial score (nSPS) is 26.5. The van der Waals surface area contributed by atoms with Gasteiger partial charge in [0, 0.05) is 6.04 Å². The summed E-state index contributed by atoms with van der Waals surface area (Å²) in [5.41, 5.74) is 3.70. The molecule has 98 valence electrons. The Labute approximate surface area is 114 Å². The molecule has 0 amide bonds. The van der Waals surface area contributed by atoms with Gasteiger partial charge in [0.2, 0.25) is 0 Å². The van der Waals surface area contributed by atoms with Crippen molar-refractivity contribution in [3.63, 3.8) is 0 Å². The molecule has 0 aromatic heterocycles. The van der Waals surface area contributed by atoms with E-state index in [1.54, 1.807) is 0 Å². The largest absolute Gasteiger partial charge is 0.350 e. The smallest absolute Gasteiger partial charge is 0.135 e. The van der Waals surface area contributed by atoms with E-state index >= 15 is 0 Å². The molecule has 0 saturated carbocycles. The van der Waals surface area contributed by atoms with Crippen LogP contribution in [-0.2, 0) is 4.74 Å². The van der Waals surface area contributed by atoms with Gasteiger partial charge in [-0.2, -0.15) is 0 Å². The van der Waals surface area contributed by atoms with Gasteiger partial charge in [0.1, 0.15) is 12.3 Å². The highest BCUT2D eigenvalue weighted by molar-refractivity contribution is 5.26. The van der Waals surface area contributed by atoms with Crippen molar-refractivity contribution in [2.24, 2.45) is 0 Å². The van der Waals surface area contributed by atoms with Gasteiger partial charge in [0.05, 0.1) is 0 Å². The van der Waals surface area contributed by atoms with Gasteiger partial charge in [0.25, 0.3) is 0 Å². The van der Waals surface area contributed by atoms with Crippen LogP contribution in [0.15, 0.2) is 54.6 Å². The standard InChI is InChI=1S/C17H19NO/c1-12-8-10-15(11-9-12)17-18-13(2)16(19-17)14-6-4-3-5-7-14/h3-11,13,16-18H,1-2H3/t13-,16+,17+/m1/s1. The Morgan fingerprint density at radius 2 is 1.58 bits per heavy atom. The number of ether oxygens (including phenoxy) is 1. The van der Waals surface area contributed by atoms with E-state index in [1.807, 2.05) is 6.07 Å². The van der Waals surface area contributed by atoms with Crippen LogP contribution in [0.3, 0.4) is 0 Å². The summed E-state index contributed by atoms with van der Waals surface area (Å²) in [7, 11) is 0. The number of hydrogen-bond acceptors (Lipinski definition) is 2. The van der Waals surface area contributed by atoms with Crippen molar-refractivity contribution in [2.75, 3.05) is 0 Å². The molecule has 0 bridgehead atoms. The van der Waals surface area contributed by atoms with Crippen molar-refractivity contribution in [1.29, 1.82) is 0 Å². The third kappa shape index (κ3) is 2.55. The number of rotatable bonds is 2. The zero-order valence-electron chi connectivity index (χ0n) is 11.3. The highest BCUT2D eigenvalue weighted by Crippen LogP contribution is 2.34. The van der Waals surface area contributed by atoms with E-state index in [-0.39, 0.29) is 12.3 Å². The highest BCUT2D eigenvalue weighted by Gasteiger charge is 2.33. The first-order chi connectivity index (χ1) is 9.24. The molecule has 1 saturated heterocycles. The molecular weight excluding hydrogens is 234 g/mol. The van der Waals surface area contributed by atoms with Crippen molar-refractivity contribution in [3.05, 3.63) is 71.3 Å². The summed E-state index contributed by atoms with van der Waals surface area (Å²) in [6, 6.07) is 19.2. The Morgan fingerprint density at radius 3 is 2.26 bits per heavy atom. The summed E-state index contributed by atoms with van der Waals surface area (Å²) in [6.07, 6.45) is 0.105. The van der Waals surface area contributed by atoms with E-state index in [4.69, 9.17) is 4.74 Å². The van der Waals surface area contributed by atoms with Crippen LogP contribution in [0.2, 0.25) is 0 Å². The van der Waals surface area contributed by atoms with Gasteiger partial charge in [-0.25, -0.2) is 0 Å². The molecule has 2 aromatic carbocycles. The molecule has 2 aromatic rings. The van der Waals surface area contributed by atoms with E-state index in [9.17, 15) is 0 Å². The molecule has 3 rings (SSSR count). The van der Waals surface area contributed by atoms with Gasteiger partial charge < -0.3 is 4.74 Å². The van der Waals surface area contributed by atoms with Crippen LogP contribution >= 0.6 is 0 Å². The molecule has 1 fully saturated rings. The summed E-state index contributed by atoms with van der Waals surface area (Å²) < 4.78 is 6.17. The van der Waals surface area contributed by atoms with Crippen LogP contribution < -0.4 is 5.32 Å². The van der Waals surface area contributed by atoms with E-state index < -0.39 is 0 Å². The second-order valence-electron chi connectivity index (χ2n) is 5.21. The molecule has 0 spiro atoms. The predicted octanol–water partition coefficient (Wildman–Crippen LogP) is 3.74. The average molecular weight is 253 g/mol. The van der Waals surface area contributed by atoms with Crippen LogP contribution in [0.4, 0.5) is 0 Å². The van der Waals surface area contributed by atoms with Crippen molar-refractivity contribution in [2.45, 2.75) is 32.2 Å². The SMILES string of the molecule is Cc1ccc([C@H]2N[C@H](C)[C@@H](c3ccccc3)O2)cc1. The summed E-state index contributed by atoms with van der Waals surface area (Å²) >= 11 is 0. The molecule has 1 N–H and O–H groups in total. The lowest BCUT2D eigenvalue weighted by Gasteiger charge is -2.14. The fourth-order valence-electron chi connectivity index (χ4n) is 2.56. The minimum Gasteiger partial charge on any atom is -0.350 e. The second-order valence-corrected chi connectivity index (χ2v) is 5.21. The number of benzene rings is 2. The molecule has 2 heteroatoms. The Hall–Kier alpha value is -1.64. The Kier molecular flexibility index (Phi) is 3.36. The molecular formula is C17H19NO. The maximum absolute atomic E-state index is 6.17. The Balaban J connectivity index is 1.80. The summed E-state index contributed by atoms with van der Waals surface area (Å²) in [4.78, 5) is 0. The first-order valence-electron chi connectivity index (χ1n) is 6.77. The maximum Gasteiger partial charge on any atom is 0.135 e. The minimum atomic E-state index is -0.0131. The van der Waals surface area contributed by atoms with E-state index in [0.29, 0.717) is 6.04 Å². The highest BCUT2D eigenvalue weighted by atomic mass is 16.5. The van der Waals surface area contributed by atoms with Gasteiger partial charge in [0.15, 0.2) is 0 Å². The van der Waals surface area contributed by atoms with Crippen LogP contribution in [0.5, 0.6) is 0 Å². The molecule has 1 aliphatic rings. The van der Waals surface area contributed by atoms with Gasteiger partial charge in [-0.1, -0.05) is 60.2 Å². The number of aryl methyl sites for hydroxylation is 1. The topological polar surface area (TPSA) is 21.3 Å². The van der Waals surface area contributed by atoms with Gasteiger partial charge in [-0.05, 0) is 25.0 Å². The second kappa shape index (κ2) is 5.16. The van der Waals surface area contributed by atoms with Crippen molar-refractivity contribution in [1.82, 2.24) is 5.32 Å². The predicted molar refractivity (Wildman–Crippen MR) is 76.8 cm³/mol. The van der Waals surface area contributed by atoms with Crippen LogP contribution in [0, 0.1) is 6.92 Å². The monoisotopic (exact) mass is 253 g/mol. The summed E-state index contributed by atoms with van der Waals surface area (Å²) in [5, 5.41) is 3.52. The third-order valence-corrected chi connectivity index (χ3v) is 3.66. The molecule has 0 radical (unpaired) electrons. The first kappa shape index (κ1) is 12.4. The minimum absolute atomic E-state index is 0.0131. The van der Waals surface area contributed by atoms with Crippen molar-refractivity contribution >= 4 is 0 Å². The molecule has 0 unspecified atom stereocenters. The lowest BCUT2D eigenvalue weighted by atomic mass is 10.0. The molecule has 0 aliphatic carbocycles. The van der Waals surface area contributed by atoms with E-state index in [1.165, 1.54) is 16.7 Å². The maximum atomic E-state index is 6.17. The van der Waals surface area contributed by atoms with Gasteiger partial charge in [-0.3, -0.25) is 5.32 Å². The van der Waals surface area contributed by atoms with Crippen molar-refractivity contribution in [3.8, 4) is 0 Å². The van der Waals surface area contributed by atoms with Crippen LogP contribution in [-0.4, -0.2) is 6.04 Å². The molecule has 1 aliphatic heterocycles. The third-order valence-electron chi connectivity index (χ3n) is 3.66. The summed E-state index contributed by atoms with van der Waals surface area (Å²) in [5.74, 6) is 0. The first-order valence-corrected chi connectivity index (χ1v) is 6.77. The van der Waals surface area contributed by atoms with E-state index in [0.717, 1.165) is 0 Å². The van der Waals surface area contributed by atoms with Crippen LogP contribution in [0.25, 0.3) is 0 Å². The van der Waals surface area contributed by atoms with Crippen LogP contribution in [0.1, 0.15) is 35.9 Å². The molecule has 2 nitrogen and oxygen atoms in total. The van der Waals surface area contributed by atoms with Gasteiger partial charge in [-0.15, -0.1) is 0 Å². The molecule has 3 atom stereocenters. The Bertz CT molecular complexity index is 535. The van der Waals surface area contributed by atoms with Crippen molar-refractivity contribution < 1.29 is 4.74 Å². The lowest BCUT2D eigenvalue weighted by molar-refractivity contribution is 0.0363. The fraction of sp³-hybridized carbons (Fsp3) is 0.294. The zero-order chi connectivity index (χ0) is 13.2. The number of nitrogens with one attached hydrogen (secondary N) is 1. The van der Waals surface area contributed by atoms with Gasteiger partial charge >= 0.3 is 0 Å².